The van der Waals surface area contributed by atoms with Crippen molar-refractivity contribution in [2.24, 2.45) is 0 Å². The molecule has 2 aromatic heterocycles. The molecule has 3 rings (SSSR count). The van der Waals surface area contributed by atoms with Crippen LogP contribution in [0.15, 0.2) is 42.9 Å². The number of aryl methyl sites for hydroxylation is 1. The first-order valence-electron chi connectivity index (χ1n) is 7.26. The van der Waals surface area contributed by atoms with Gasteiger partial charge in [0.05, 0.1) is 29.1 Å². The molecule has 1 aromatic carbocycles. The topological polar surface area (TPSA) is 64.7 Å². The lowest BCUT2D eigenvalue weighted by molar-refractivity contribution is -0.116. The maximum atomic E-state index is 12.0. The van der Waals surface area contributed by atoms with Gasteiger partial charge in [0, 0.05) is 17.4 Å². The number of hydrogen-bond acceptors (Lipinski definition) is 3. The normalized spacial score (nSPS) is 10.8. The van der Waals surface area contributed by atoms with E-state index in [1.807, 2.05) is 24.3 Å². The van der Waals surface area contributed by atoms with Crippen LogP contribution in [0.1, 0.15) is 11.3 Å². The monoisotopic (exact) mass is 363 g/mol. The summed E-state index contributed by atoms with van der Waals surface area (Å²) in [6, 6.07) is 7.54. The van der Waals surface area contributed by atoms with Crippen molar-refractivity contribution in [2.45, 2.75) is 20.0 Å². The molecule has 0 atom stereocenters. The van der Waals surface area contributed by atoms with Crippen LogP contribution in [0.3, 0.4) is 0 Å². The predicted octanol–water partition coefficient (Wildman–Crippen LogP) is 3.38. The Balaban J connectivity index is 1.59. The number of rotatable bonds is 5. The SMILES string of the molecule is Cc1nn(CC(=O)Nc2cnn(Cc3ccc(Cl)cc3)c2)cc1Cl. The molecule has 0 saturated carbocycles. The molecule has 24 heavy (non-hydrogen) atoms. The van der Waals surface area contributed by atoms with Crippen molar-refractivity contribution < 1.29 is 4.79 Å². The van der Waals surface area contributed by atoms with Gasteiger partial charge in [0.2, 0.25) is 5.91 Å². The molecule has 1 amide bonds. The Morgan fingerprint density at radius 1 is 1.17 bits per heavy atom. The molecule has 1 N–H and O–H groups in total. The smallest absolute Gasteiger partial charge is 0.246 e. The molecule has 124 valence electrons. The molecule has 0 radical (unpaired) electrons. The van der Waals surface area contributed by atoms with Crippen LogP contribution < -0.4 is 5.32 Å². The Kier molecular flexibility index (Phi) is 4.87. The minimum absolute atomic E-state index is 0.0932. The third-order valence-corrected chi connectivity index (χ3v) is 3.99. The second-order valence-electron chi connectivity index (χ2n) is 5.36. The van der Waals surface area contributed by atoms with E-state index in [0.717, 1.165) is 5.56 Å². The molecule has 0 aliphatic rings. The molecule has 0 saturated heterocycles. The van der Waals surface area contributed by atoms with E-state index in [-0.39, 0.29) is 12.5 Å². The Bertz CT molecular complexity index is 834. The van der Waals surface area contributed by atoms with Gasteiger partial charge in [0.15, 0.2) is 0 Å². The van der Waals surface area contributed by atoms with Crippen LogP contribution in [0.25, 0.3) is 0 Å². The summed E-state index contributed by atoms with van der Waals surface area (Å²) in [5.41, 5.74) is 2.39. The minimum Gasteiger partial charge on any atom is -0.322 e. The highest BCUT2D eigenvalue weighted by Gasteiger charge is 2.08. The zero-order valence-corrected chi connectivity index (χ0v) is 14.4. The Morgan fingerprint density at radius 3 is 2.58 bits per heavy atom. The molecule has 0 bridgehead atoms. The van der Waals surface area contributed by atoms with Gasteiger partial charge < -0.3 is 5.32 Å². The molecule has 3 aromatic rings. The number of carbonyl (C=O) groups excluding carboxylic acids is 1. The van der Waals surface area contributed by atoms with Crippen molar-refractivity contribution in [1.82, 2.24) is 19.6 Å². The largest absolute Gasteiger partial charge is 0.322 e. The first-order valence-corrected chi connectivity index (χ1v) is 8.01. The first kappa shape index (κ1) is 16.5. The van der Waals surface area contributed by atoms with E-state index < -0.39 is 0 Å². The standard InChI is InChI=1S/C16H15Cl2N5O/c1-11-15(18)9-23(21-11)10-16(24)20-14-6-19-22(8-14)7-12-2-4-13(17)5-3-12/h2-6,8-9H,7,10H2,1H3,(H,20,24). The Labute approximate surface area is 149 Å². The van der Waals surface area contributed by atoms with E-state index in [4.69, 9.17) is 23.2 Å². The highest BCUT2D eigenvalue weighted by Crippen LogP contribution is 2.13. The average molecular weight is 364 g/mol. The second kappa shape index (κ2) is 7.07. The molecule has 0 aliphatic heterocycles. The van der Waals surface area contributed by atoms with Crippen molar-refractivity contribution in [3.63, 3.8) is 0 Å². The Morgan fingerprint density at radius 2 is 1.92 bits per heavy atom. The van der Waals surface area contributed by atoms with Gasteiger partial charge >= 0.3 is 0 Å². The minimum atomic E-state index is -0.194. The van der Waals surface area contributed by atoms with Crippen LogP contribution in [0.4, 0.5) is 5.69 Å². The summed E-state index contributed by atoms with van der Waals surface area (Å²) in [6.07, 6.45) is 5.00. The summed E-state index contributed by atoms with van der Waals surface area (Å²) < 4.78 is 3.25. The van der Waals surface area contributed by atoms with E-state index in [9.17, 15) is 4.79 Å². The van der Waals surface area contributed by atoms with Gasteiger partial charge in [-0.1, -0.05) is 35.3 Å². The third-order valence-electron chi connectivity index (χ3n) is 3.37. The van der Waals surface area contributed by atoms with Crippen molar-refractivity contribution in [1.29, 1.82) is 0 Å². The van der Waals surface area contributed by atoms with E-state index >= 15 is 0 Å². The predicted molar refractivity (Wildman–Crippen MR) is 93.4 cm³/mol. The lowest BCUT2D eigenvalue weighted by Gasteiger charge is -2.03. The van der Waals surface area contributed by atoms with Gasteiger partial charge in [0.25, 0.3) is 0 Å². The quantitative estimate of drug-likeness (QED) is 0.755. The lowest BCUT2D eigenvalue weighted by atomic mass is 10.2. The summed E-state index contributed by atoms with van der Waals surface area (Å²) >= 11 is 11.8. The molecule has 0 spiro atoms. The number of hydrogen-bond donors (Lipinski definition) is 1. The highest BCUT2D eigenvalue weighted by atomic mass is 35.5. The first-order chi connectivity index (χ1) is 11.5. The average Bonchev–Trinajstić information content (AvgIpc) is 3.08. The van der Waals surface area contributed by atoms with Gasteiger partial charge in [-0.2, -0.15) is 10.2 Å². The van der Waals surface area contributed by atoms with Gasteiger partial charge in [-0.05, 0) is 24.6 Å². The van der Waals surface area contributed by atoms with Crippen molar-refractivity contribution >= 4 is 34.8 Å². The molecular formula is C16H15Cl2N5O. The summed E-state index contributed by atoms with van der Waals surface area (Å²) in [7, 11) is 0. The number of anilines is 1. The Hall–Kier alpha value is -2.31. The van der Waals surface area contributed by atoms with E-state index in [1.165, 1.54) is 4.68 Å². The molecule has 0 aliphatic carbocycles. The summed E-state index contributed by atoms with van der Waals surface area (Å²) in [5, 5.41) is 12.4. The van der Waals surface area contributed by atoms with E-state index in [1.54, 1.807) is 30.2 Å². The van der Waals surface area contributed by atoms with Crippen molar-refractivity contribution in [2.75, 3.05) is 5.32 Å². The number of benzene rings is 1. The van der Waals surface area contributed by atoms with Crippen LogP contribution in [0, 0.1) is 6.92 Å². The third kappa shape index (κ3) is 4.15. The molecule has 8 heteroatoms. The maximum absolute atomic E-state index is 12.0. The van der Waals surface area contributed by atoms with Gasteiger partial charge in [-0.25, -0.2) is 0 Å². The van der Waals surface area contributed by atoms with Crippen LogP contribution in [0.2, 0.25) is 10.0 Å². The fraction of sp³-hybridized carbons (Fsp3) is 0.188. The van der Waals surface area contributed by atoms with E-state index in [2.05, 4.69) is 15.5 Å². The number of aromatic nitrogens is 4. The fourth-order valence-electron chi connectivity index (χ4n) is 2.21. The van der Waals surface area contributed by atoms with E-state index in [0.29, 0.717) is 28.0 Å². The zero-order chi connectivity index (χ0) is 17.1. The summed E-state index contributed by atoms with van der Waals surface area (Å²) in [5.74, 6) is -0.194. The summed E-state index contributed by atoms with van der Waals surface area (Å²) in [6.45, 7) is 2.48. The van der Waals surface area contributed by atoms with Crippen LogP contribution in [-0.2, 0) is 17.9 Å². The lowest BCUT2D eigenvalue weighted by Crippen LogP contribution is -2.18. The molecule has 0 unspecified atom stereocenters. The number of nitrogens with one attached hydrogen (secondary N) is 1. The van der Waals surface area contributed by atoms with Gasteiger partial charge in [-0.15, -0.1) is 0 Å². The van der Waals surface area contributed by atoms with Crippen molar-refractivity contribution in [3.05, 3.63) is 64.2 Å². The molecular weight excluding hydrogens is 349 g/mol. The number of amides is 1. The molecule has 2 heterocycles. The molecule has 0 fully saturated rings. The number of carbonyl (C=O) groups is 1. The number of nitrogens with zero attached hydrogens (tertiary/aromatic N) is 4. The number of halogens is 2. The van der Waals surface area contributed by atoms with Crippen LogP contribution in [-0.4, -0.2) is 25.5 Å². The molecule has 6 nitrogen and oxygen atoms in total. The summed E-state index contributed by atoms with van der Waals surface area (Å²) in [4.78, 5) is 12.0. The fourth-order valence-corrected chi connectivity index (χ4v) is 2.49. The van der Waals surface area contributed by atoms with Crippen LogP contribution >= 0.6 is 23.2 Å². The van der Waals surface area contributed by atoms with Gasteiger partial charge in [0.1, 0.15) is 6.54 Å². The van der Waals surface area contributed by atoms with Crippen molar-refractivity contribution in [3.8, 4) is 0 Å². The van der Waals surface area contributed by atoms with Gasteiger partial charge in [-0.3, -0.25) is 14.2 Å². The zero-order valence-electron chi connectivity index (χ0n) is 12.9. The second-order valence-corrected chi connectivity index (χ2v) is 6.20. The maximum Gasteiger partial charge on any atom is 0.246 e. The highest BCUT2D eigenvalue weighted by molar-refractivity contribution is 6.31. The van der Waals surface area contributed by atoms with Crippen LogP contribution in [0.5, 0.6) is 0 Å².